The Hall–Kier alpha value is -1.84. The monoisotopic (exact) mass is 331 g/mol. The van der Waals surface area contributed by atoms with E-state index in [1.54, 1.807) is 16.1 Å². The van der Waals surface area contributed by atoms with Gasteiger partial charge < -0.3 is 14.7 Å². The van der Waals surface area contributed by atoms with Gasteiger partial charge in [0.15, 0.2) is 0 Å². The Balaban J connectivity index is 0.000000841. The van der Waals surface area contributed by atoms with Gasteiger partial charge in [-0.2, -0.15) is 0 Å². The highest BCUT2D eigenvalue weighted by Gasteiger charge is 2.28. The first-order chi connectivity index (χ1) is 10.7. The SMILES string of the molecule is CCN(C)N.COC(=O)NC(=CN1CNCC1C(=O)O)C(C)C. The first-order valence-electron chi connectivity index (χ1n) is 7.44. The Kier molecular flexibility index (Phi) is 9.95. The molecule has 1 aliphatic rings. The molecule has 1 atom stereocenters. The predicted molar refractivity (Wildman–Crippen MR) is 87.1 cm³/mol. The number of hydrogen-bond acceptors (Lipinski definition) is 7. The van der Waals surface area contributed by atoms with Gasteiger partial charge in [0, 0.05) is 32.0 Å². The van der Waals surface area contributed by atoms with Crippen molar-refractivity contribution in [3.63, 3.8) is 0 Å². The Morgan fingerprint density at radius 2 is 2.13 bits per heavy atom. The molecule has 1 amide bonds. The molecule has 1 aliphatic heterocycles. The Morgan fingerprint density at radius 3 is 2.52 bits per heavy atom. The van der Waals surface area contributed by atoms with Gasteiger partial charge in [-0.05, 0) is 5.92 Å². The maximum Gasteiger partial charge on any atom is 0.411 e. The van der Waals surface area contributed by atoms with Crippen molar-refractivity contribution >= 4 is 12.1 Å². The van der Waals surface area contributed by atoms with E-state index >= 15 is 0 Å². The van der Waals surface area contributed by atoms with Gasteiger partial charge >= 0.3 is 12.1 Å². The molecule has 0 aromatic carbocycles. The van der Waals surface area contributed by atoms with Crippen molar-refractivity contribution in [1.82, 2.24) is 20.5 Å². The van der Waals surface area contributed by atoms with Gasteiger partial charge in [-0.3, -0.25) is 21.5 Å². The molecule has 134 valence electrons. The molecule has 0 bridgehead atoms. The van der Waals surface area contributed by atoms with E-state index in [4.69, 9.17) is 10.9 Å². The molecule has 9 nitrogen and oxygen atoms in total. The quantitative estimate of drug-likeness (QED) is 0.409. The Labute approximate surface area is 137 Å². The highest BCUT2D eigenvalue weighted by molar-refractivity contribution is 5.74. The van der Waals surface area contributed by atoms with E-state index in [1.807, 2.05) is 27.8 Å². The van der Waals surface area contributed by atoms with Crippen LogP contribution in [0.1, 0.15) is 20.8 Å². The molecule has 0 radical (unpaired) electrons. The van der Waals surface area contributed by atoms with Crippen LogP contribution in [0.4, 0.5) is 4.79 Å². The Bertz CT molecular complexity index is 412. The zero-order chi connectivity index (χ0) is 18.0. The smallest absolute Gasteiger partial charge is 0.411 e. The van der Waals surface area contributed by atoms with Crippen LogP contribution >= 0.6 is 0 Å². The largest absolute Gasteiger partial charge is 0.480 e. The molecule has 0 aromatic heterocycles. The average Bonchev–Trinajstić information content (AvgIpc) is 2.95. The van der Waals surface area contributed by atoms with Crippen molar-refractivity contribution < 1.29 is 19.4 Å². The van der Waals surface area contributed by atoms with E-state index < -0.39 is 18.1 Å². The van der Waals surface area contributed by atoms with E-state index in [0.717, 1.165) is 6.54 Å². The third-order valence-corrected chi connectivity index (χ3v) is 3.17. The minimum Gasteiger partial charge on any atom is -0.480 e. The second-order valence-corrected chi connectivity index (χ2v) is 5.41. The maximum absolute atomic E-state index is 11.2. The number of nitrogens with one attached hydrogen (secondary N) is 2. The summed E-state index contributed by atoms with van der Waals surface area (Å²) in [6.07, 6.45) is 1.09. The number of ether oxygens (including phenoxy) is 1. The maximum atomic E-state index is 11.2. The van der Waals surface area contributed by atoms with Crippen molar-refractivity contribution in [3.8, 4) is 0 Å². The lowest BCUT2D eigenvalue weighted by atomic mass is 10.1. The number of alkyl carbamates (subject to hydrolysis) is 1. The highest BCUT2D eigenvalue weighted by Crippen LogP contribution is 2.12. The van der Waals surface area contributed by atoms with E-state index in [2.05, 4.69) is 15.4 Å². The second-order valence-electron chi connectivity index (χ2n) is 5.41. The summed E-state index contributed by atoms with van der Waals surface area (Å²) in [5.41, 5.74) is 0.622. The highest BCUT2D eigenvalue weighted by atomic mass is 16.5. The molecule has 1 rings (SSSR count). The summed E-state index contributed by atoms with van der Waals surface area (Å²) < 4.78 is 4.53. The van der Waals surface area contributed by atoms with E-state index in [0.29, 0.717) is 18.9 Å². The summed E-state index contributed by atoms with van der Waals surface area (Å²) in [4.78, 5) is 23.9. The number of carboxylic acids is 1. The van der Waals surface area contributed by atoms with E-state index in [9.17, 15) is 9.59 Å². The fourth-order valence-corrected chi connectivity index (χ4v) is 1.60. The molecule has 1 unspecified atom stereocenters. The molecule has 0 aliphatic carbocycles. The summed E-state index contributed by atoms with van der Waals surface area (Å²) in [5.74, 6) is 4.29. The number of rotatable bonds is 5. The molecule has 1 heterocycles. The van der Waals surface area contributed by atoms with Crippen LogP contribution < -0.4 is 16.5 Å². The summed E-state index contributed by atoms with van der Waals surface area (Å²) >= 11 is 0. The van der Waals surface area contributed by atoms with Crippen molar-refractivity contribution in [3.05, 3.63) is 11.9 Å². The zero-order valence-electron chi connectivity index (χ0n) is 14.5. The van der Waals surface area contributed by atoms with Gasteiger partial charge in [-0.25, -0.2) is 9.59 Å². The number of nitrogens with zero attached hydrogens (tertiary/aromatic N) is 2. The first-order valence-corrected chi connectivity index (χ1v) is 7.44. The zero-order valence-corrected chi connectivity index (χ0v) is 14.5. The summed E-state index contributed by atoms with van der Waals surface area (Å²) in [6.45, 7) is 7.55. The number of aliphatic carboxylic acids is 1. The predicted octanol–water partition coefficient (Wildman–Crippen LogP) is -0.0325. The van der Waals surface area contributed by atoms with Crippen LogP contribution in [0.15, 0.2) is 11.9 Å². The number of carbonyl (C=O) groups is 2. The lowest BCUT2D eigenvalue weighted by Crippen LogP contribution is -2.36. The normalized spacial score (nSPS) is 17.8. The van der Waals surface area contributed by atoms with Crippen LogP contribution in [0, 0.1) is 5.92 Å². The molecule has 5 N–H and O–H groups in total. The number of carboxylic acid groups (broad SMARTS) is 1. The topological polar surface area (TPSA) is 120 Å². The average molecular weight is 331 g/mol. The molecule has 0 aromatic rings. The molecular formula is C14H29N5O4. The van der Waals surface area contributed by atoms with E-state index in [-0.39, 0.29) is 5.92 Å². The fourth-order valence-electron chi connectivity index (χ4n) is 1.60. The number of amides is 1. The van der Waals surface area contributed by atoms with Gasteiger partial charge in [-0.1, -0.05) is 20.8 Å². The summed E-state index contributed by atoms with van der Waals surface area (Å²) in [5, 5.41) is 16.2. The number of methoxy groups -OCH3 is 1. The third kappa shape index (κ3) is 8.38. The number of hydrogen-bond donors (Lipinski definition) is 4. The van der Waals surface area contributed by atoms with Crippen molar-refractivity contribution in [1.29, 1.82) is 0 Å². The van der Waals surface area contributed by atoms with Gasteiger partial charge in [0.05, 0.1) is 13.8 Å². The van der Waals surface area contributed by atoms with Crippen molar-refractivity contribution in [2.75, 3.05) is 33.9 Å². The fraction of sp³-hybridized carbons (Fsp3) is 0.714. The van der Waals surface area contributed by atoms with Crippen LogP contribution in [0.2, 0.25) is 0 Å². The second kappa shape index (κ2) is 10.8. The molecular weight excluding hydrogens is 302 g/mol. The standard InChI is InChI=1S/C11H19N3O4.C3H10N2/c1-7(2)8(13-11(17)18-3)5-14-6-12-4-9(14)10(15)16;1-3-5(2)4/h5,7,9,12H,4,6H2,1-3H3,(H,13,17)(H,15,16);3-4H2,1-2H3. The molecule has 0 spiro atoms. The molecule has 23 heavy (non-hydrogen) atoms. The molecule has 1 fully saturated rings. The van der Waals surface area contributed by atoms with Crippen molar-refractivity contribution in [2.45, 2.75) is 26.8 Å². The van der Waals surface area contributed by atoms with Gasteiger partial charge in [-0.15, -0.1) is 0 Å². The minimum absolute atomic E-state index is 0.0548. The van der Waals surface area contributed by atoms with Crippen LogP contribution in [-0.2, 0) is 9.53 Å². The number of allylic oxidation sites excluding steroid dienone is 1. The van der Waals surface area contributed by atoms with Gasteiger partial charge in [0.1, 0.15) is 6.04 Å². The van der Waals surface area contributed by atoms with Crippen molar-refractivity contribution in [2.24, 2.45) is 11.8 Å². The lowest BCUT2D eigenvalue weighted by molar-refractivity contribution is -0.140. The van der Waals surface area contributed by atoms with Gasteiger partial charge in [0.25, 0.3) is 0 Å². The third-order valence-electron chi connectivity index (χ3n) is 3.17. The van der Waals surface area contributed by atoms with Crippen LogP contribution in [-0.4, -0.2) is 67.0 Å². The first kappa shape index (κ1) is 21.2. The van der Waals surface area contributed by atoms with Gasteiger partial charge in [0.2, 0.25) is 0 Å². The van der Waals surface area contributed by atoms with E-state index in [1.165, 1.54) is 7.11 Å². The minimum atomic E-state index is -0.891. The van der Waals surface area contributed by atoms with Crippen LogP contribution in [0.3, 0.4) is 0 Å². The summed E-state index contributed by atoms with van der Waals surface area (Å²) in [7, 11) is 3.12. The number of carbonyl (C=O) groups excluding carboxylic acids is 1. The molecule has 0 saturated carbocycles. The molecule has 9 heteroatoms. The number of nitrogens with two attached hydrogens (primary N) is 1. The Morgan fingerprint density at radius 1 is 1.57 bits per heavy atom. The summed E-state index contributed by atoms with van der Waals surface area (Å²) in [6, 6.07) is -0.613. The lowest BCUT2D eigenvalue weighted by Gasteiger charge is -2.21. The molecule has 1 saturated heterocycles. The van der Waals surface area contributed by atoms with Crippen LogP contribution in [0.25, 0.3) is 0 Å². The van der Waals surface area contributed by atoms with Crippen LogP contribution in [0.5, 0.6) is 0 Å². The number of hydrazine groups is 1.